The van der Waals surface area contributed by atoms with Crippen molar-refractivity contribution in [3.63, 3.8) is 0 Å². The Kier molecular flexibility index (Phi) is 3.03. The zero-order valence-electron chi connectivity index (χ0n) is 11.1. The van der Waals surface area contributed by atoms with Crippen LogP contribution in [0.5, 0.6) is 5.75 Å². The molecule has 0 saturated heterocycles. The second-order valence-electron chi connectivity index (χ2n) is 4.86. The number of fused-ring (bicyclic) bond motifs is 1. The number of nitrogens with zero attached hydrogens (tertiary/aromatic N) is 1. The summed E-state index contributed by atoms with van der Waals surface area (Å²) in [6.07, 6.45) is 1.00. The van der Waals surface area contributed by atoms with Gasteiger partial charge in [-0.25, -0.2) is 0 Å². The van der Waals surface area contributed by atoms with Gasteiger partial charge in [0.05, 0.1) is 12.3 Å². The minimum atomic E-state index is 0.759. The van der Waals surface area contributed by atoms with Gasteiger partial charge < -0.3 is 15.4 Å². The Morgan fingerprint density at radius 3 is 2.84 bits per heavy atom. The summed E-state index contributed by atoms with van der Waals surface area (Å²) in [6.45, 7) is 3.73. The lowest BCUT2D eigenvalue weighted by atomic mass is 10.1. The molecule has 2 aromatic rings. The van der Waals surface area contributed by atoms with E-state index in [2.05, 4.69) is 23.1 Å². The second kappa shape index (κ2) is 4.84. The number of para-hydroxylation sites is 2. The molecule has 1 heterocycles. The van der Waals surface area contributed by atoms with Gasteiger partial charge in [0.1, 0.15) is 5.75 Å². The molecule has 0 unspecified atom stereocenters. The number of nitrogens with two attached hydrogens (primary N) is 1. The fourth-order valence-corrected chi connectivity index (χ4v) is 2.39. The number of hydrogen-bond donors (Lipinski definition) is 1. The molecule has 2 aromatic carbocycles. The number of ether oxygens (including phenoxy) is 1. The monoisotopic (exact) mass is 254 g/mol. The Labute approximate surface area is 113 Å². The van der Waals surface area contributed by atoms with Crippen molar-refractivity contribution >= 4 is 17.1 Å². The van der Waals surface area contributed by atoms with Gasteiger partial charge in [0.15, 0.2) is 0 Å². The molecule has 0 aliphatic carbocycles. The molecule has 0 saturated carbocycles. The second-order valence-corrected chi connectivity index (χ2v) is 4.86. The molecule has 2 N–H and O–H groups in total. The van der Waals surface area contributed by atoms with Gasteiger partial charge in [-0.3, -0.25) is 0 Å². The van der Waals surface area contributed by atoms with E-state index in [9.17, 15) is 0 Å². The van der Waals surface area contributed by atoms with E-state index in [0.29, 0.717) is 0 Å². The number of hydrogen-bond acceptors (Lipinski definition) is 3. The molecule has 3 nitrogen and oxygen atoms in total. The molecule has 0 aromatic heterocycles. The summed E-state index contributed by atoms with van der Waals surface area (Å²) in [7, 11) is 0. The summed E-state index contributed by atoms with van der Waals surface area (Å²) in [6, 6.07) is 14.4. The largest absolute Gasteiger partial charge is 0.491 e. The van der Waals surface area contributed by atoms with Gasteiger partial charge in [-0.1, -0.05) is 18.2 Å². The van der Waals surface area contributed by atoms with Gasteiger partial charge in [0.2, 0.25) is 0 Å². The van der Waals surface area contributed by atoms with Crippen LogP contribution in [0.25, 0.3) is 0 Å². The summed E-state index contributed by atoms with van der Waals surface area (Å²) < 4.78 is 5.78. The van der Waals surface area contributed by atoms with Crippen molar-refractivity contribution in [1.82, 2.24) is 0 Å². The van der Waals surface area contributed by atoms with Crippen molar-refractivity contribution in [2.75, 3.05) is 23.8 Å². The van der Waals surface area contributed by atoms with E-state index in [-0.39, 0.29) is 0 Å². The third-order valence-electron chi connectivity index (χ3n) is 3.51. The Morgan fingerprint density at radius 2 is 2.00 bits per heavy atom. The lowest BCUT2D eigenvalue weighted by Crippen LogP contribution is -2.17. The third-order valence-corrected chi connectivity index (χ3v) is 3.51. The molecular weight excluding hydrogens is 236 g/mol. The summed E-state index contributed by atoms with van der Waals surface area (Å²) in [5.41, 5.74) is 10.2. The number of anilines is 3. The first-order chi connectivity index (χ1) is 9.25. The van der Waals surface area contributed by atoms with Crippen LogP contribution < -0.4 is 15.4 Å². The first kappa shape index (κ1) is 11.9. The number of nitrogen functional groups attached to an aromatic ring is 1. The molecule has 1 aliphatic rings. The summed E-state index contributed by atoms with van der Waals surface area (Å²) in [5, 5.41) is 0. The molecule has 3 heteroatoms. The highest BCUT2D eigenvalue weighted by molar-refractivity contribution is 5.72. The topological polar surface area (TPSA) is 38.5 Å². The maximum absolute atomic E-state index is 6.03. The van der Waals surface area contributed by atoms with Crippen molar-refractivity contribution in [3.05, 3.63) is 48.0 Å². The van der Waals surface area contributed by atoms with Crippen LogP contribution in [0.3, 0.4) is 0 Å². The normalized spacial score (nSPS) is 14.5. The number of benzene rings is 2. The SMILES string of the molecule is Cc1ccc(N2CCCOc3ccccc32)cc1N. The van der Waals surface area contributed by atoms with Crippen LogP contribution >= 0.6 is 0 Å². The zero-order valence-corrected chi connectivity index (χ0v) is 11.1. The first-order valence-electron chi connectivity index (χ1n) is 6.61. The fourth-order valence-electron chi connectivity index (χ4n) is 2.39. The van der Waals surface area contributed by atoms with Crippen molar-refractivity contribution in [3.8, 4) is 5.75 Å². The predicted molar refractivity (Wildman–Crippen MR) is 79.2 cm³/mol. The van der Waals surface area contributed by atoms with E-state index >= 15 is 0 Å². The average Bonchev–Trinajstić information content (AvgIpc) is 2.64. The average molecular weight is 254 g/mol. The van der Waals surface area contributed by atoms with Gasteiger partial charge in [0.25, 0.3) is 0 Å². The fraction of sp³-hybridized carbons (Fsp3) is 0.250. The maximum atomic E-state index is 6.03. The van der Waals surface area contributed by atoms with E-state index < -0.39 is 0 Å². The number of aryl methyl sites for hydroxylation is 1. The Balaban J connectivity index is 2.06. The molecule has 3 rings (SSSR count). The summed E-state index contributed by atoms with van der Waals surface area (Å²) >= 11 is 0. The highest BCUT2D eigenvalue weighted by Crippen LogP contribution is 2.36. The van der Waals surface area contributed by atoms with Gasteiger partial charge in [-0.05, 0) is 43.2 Å². The van der Waals surface area contributed by atoms with Crippen molar-refractivity contribution < 1.29 is 4.74 Å². The summed E-state index contributed by atoms with van der Waals surface area (Å²) in [4.78, 5) is 2.28. The van der Waals surface area contributed by atoms with Crippen LogP contribution in [0.2, 0.25) is 0 Å². The van der Waals surface area contributed by atoms with E-state index in [1.54, 1.807) is 0 Å². The van der Waals surface area contributed by atoms with Crippen molar-refractivity contribution in [2.45, 2.75) is 13.3 Å². The molecule has 0 bridgehead atoms. The predicted octanol–water partition coefficient (Wildman–Crippen LogP) is 3.50. The molecule has 0 radical (unpaired) electrons. The molecule has 19 heavy (non-hydrogen) atoms. The third kappa shape index (κ3) is 2.24. The molecule has 1 aliphatic heterocycles. The molecule has 98 valence electrons. The molecule has 0 amide bonds. The highest BCUT2D eigenvalue weighted by Gasteiger charge is 2.17. The van der Waals surface area contributed by atoms with Gasteiger partial charge >= 0.3 is 0 Å². The van der Waals surface area contributed by atoms with Gasteiger partial charge in [0, 0.05) is 17.9 Å². The van der Waals surface area contributed by atoms with Gasteiger partial charge in [-0.15, -0.1) is 0 Å². The Morgan fingerprint density at radius 1 is 1.16 bits per heavy atom. The molecule has 0 atom stereocenters. The van der Waals surface area contributed by atoms with Crippen LogP contribution in [0.1, 0.15) is 12.0 Å². The lowest BCUT2D eigenvalue weighted by molar-refractivity contribution is 0.322. The van der Waals surface area contributed by atoms with E-state index in [1.165, 1.54) is 0 Å². The quantitative estimate of drug-likeness (QED) is 0.792. The van der Waals surface area contributed by atoms with Crippen LogP contribution in [0, 0.1) is 6.92 Å². The van der Waals surface area contributed by atoms with Crippen molar-refractivity contribution in [2.24, 2.45) is 0 Å². The lowest BCUT2D eigenvalue weighted by Gasteiger charge is -2.24. The molecular formula is C16H18N2O. The number of rotatable bonds is 1. The van der Waals surface area contributed by atoms with Crippen LogP contribution in [-0.4, -0.2) is 13.2 Å². The van der Waals surface area contributed by atoms with Gasteiger partial charge in [-0.2, -0.15) is 0 Å². The standard InChI is InChI=1S/C16H18N2O/c1-12-7-8-13(11-14(12)17)18-9-4-10-19-16-6-3-2-5-15(16)18/h2-3,5-8,11H,4,9-10,17H2,1H3. The van der Waals surface area contributed by atoms with Crippen molar-refractivity contribution in [1.29, 1.82) is 0 Å². The minimum absolute atomic E-state index is 0.759. The van der Waals surface area contributed by atoms with Crippen LogP contribution in [0.4, 0.5) is 17.1 Å². The van der Waals surface area contributed by atoms with E-state index in [4.69, 9.17) is 10.5 Å². The smallest absolute Gasteiger partial charge is 0.142 e. The zero-order chi connectivity index (χ0) is 13.2. The van der Waals surface area contributed by atoms with E-state index in [1.807, 2.05) is 31.2 Å². The summed E-state index contributed by atoms with van der Waals surface area (Å²) in [5.74, 6) is 0.944. The molecule has 0 fully saturated rings. The molecule has 0 spiro atoms. The Bertz CT molecular complexity index is 595. The first-order valence-corrected chi connectivity index (χ1v) is 6.61. The van der Waals surface area contributed by atoms with Crippen LogP contribution in [0.15, 0.2) is 42.5 Å². The maximum Gasteiger partial charge on any atom is 0.142 e. The minimum Gasteiger partial charge on any atom is -0.491 e. The van der Waals surface area contributed by atoms with Crippen LogP contribution in [-0.2, 0) is 0 Å². The highest BCUT2D eigenvalue weighted by atomic mass is 16.5. The Hall–Kier alpha value is -2.16. The van der Waals surface area contributed by atoms with E-state index in [0.717, 1.165) is 47.9 Å².